The first-order valence-electron chi connectivity index (χ1n) is 5.90. The first-order valence-corrected chi connectivity index (χ1v) is 5.90. The van der Waals surface area contributed by atoms with Crippen LogP contribution in [0, 0.1) is 13.8 Å². The zero-order chi connectivity index (χ0) is 12.3. The van der Waals surface area contributed by atoms with Gasteiger partial charge >= 0.3 is 0 Å². The molecule has 1 aromatic carbocycles. The Bertz CT molecular complexity index is 471. The molecule has 0 saturated heterocycles. The van der Waals surface area contributed by atoms with Crippen LogP contribution in [0.2, 0.25) is 0 Å². The summed E-state index contributed by atoms with van der Waals surface area (Å²) in [5.41, 5.74) is 4.93. The van der Waals surface area contributed by atoms with Crippen molar-refractivity contribution in [2.24, 2.45) is 0 Å². The molecule has 2 nitrogen and oxygen atoms in total. The minimum atomic E-state index is 0.268. The molecule has 0 aliphatic carbocycles. The predicted molar refractivity (Wildman–Crippen MR) is 72.2 cm³/mol. The van der Waals surface area contributed by atoms with Crippen LogP contribution in [-0.4, -0.2) is 4.98 Å². The highest BCUT2D eigenvalue weighted by molar-refractivity contribution is 5.49. The lowest BCUT2D eigenvalue weighted by Gasteiger charge is -2.16. The van der Waals surface area contributed by atoms with Gasteiger partial charge in [0.15, 0.2) is 0 Å². The summed E-state index contributed by atoms with van der Waals surface area (Å²) in [6.07, 6.45) is 3.70. The molecule has 1 aromatic heterocycles. The SMILES string of the molecule is Cc1cc(C)cc(NC(C)c2cccnc2)c1. The molecule has 0 fully saturated rings. The molecular weight excluding hydrogens is 208 g/mol. The van der Waals surface area contributed by atoms with Crippen molar-refractivity contribution in [3.05, 3.63) is 59.4 Å². The minimum absolute atomic E-state index is 0.268. The number of pyridine rings is 1. The fourth-order valence-electron chi connectivity index (χ4n) is 2.02. The topological polar surface area (TPSA) is 24.9 Å². The summed E-state index contributed by atoms with van der Waals surface area (Å²) in [5.74, 6) is 0. The van der Waals surface area contributed by atoms with E-state index in [2.05, 4.69) is 55.3 Å². The first-order chi connectivity index (χ1) is 8.15. The van der Waals surface area contributed by atoms with E-state index in [0.29, 0.717) is 0 Å². The van der Waals surface area contributed by atoms with Crippen molar-refractivity contribution in [2.45, 2.75) is 26.8 Å². The van der Waals surface area contributed by atoms with E-state index >= 15 is 0 Å². The predicted octanol–water partition coefficient (Wildman–Crippen LogP) is 3.87. The lowest BCUT2D eigenvalue weighted by atomic mass is 10.1. The average Bonchev–Trinajstić information content (AvgIpc) is 2.28. The van der Waals surface area contributed by atoms with Crippen LogP contribution < -0.4 is 5.32 Å². The summed E-state index contributed by atoms with van der Waals surface area (Å²) in [7, 11) is 0. The second kappa shape index (κ2) is 5.00. The normalized spacial score (nSPS) is 12.2. The van der Waals surface area contributed by atoms with Crippen molar-refractivity contribution in [1.82, 2.24) is 4.98 Å². The van der Waals surface area contributed by atoms with Crippen molar-refractivity contribution < 1.29 is 0 Å². The Balaban J connectivity index is 2.16. The molecule has 1 unspecified atom stereocenters. The van der Waals surface area contributed by atoms with E-state index in [9.17, 15) is 0 Å². The summed E-state index contributed by atoms with van der Waals surface area (Å²) < 4.78 is 0. The molecule has 1 heterocycles. The summed E-state index contributed by atoms with van der Waals surface area (Å²) in [4.78, 5) is 4.14. The van der Waals surface area contributed by atoms with Crippen LogP contribution in [0.4, 0.5) is 5.69 Å². The molecule has 88 valence electrons. The van der Waals surface area contributed by atoms with E-state index in [4.69, 9.17) is 0 Å². The van der Waals surface area contributed by atoms with E-state index < -0.39 is 0 Å². The average molecular weight is 226 g/mol. The van der Waals surface area contributed by atoms with E-state index in [1.54, 1.807) is 6.20 Å². The molecule has 0 radical (unpaired) electrons. The van der Waals surface area contributed by atoms with Gasteiger partial charge in [0.2, 0.25) is 0 Å². The molecule has 0 aliphatic rings. The number of hydrogen-bond donors (Lipinski definition) is 1. The van der Waals surface area contributed by atoms with Crippen molar-refractivity contribution in [2.75, 3.05) is 5.32 Å². The highest BCUT2D eigenvalue weighted by atomic mass is 14.9. The zero-order valence-electron chi connectivity index (χ0n) is 10.6. The summed E-state index contributed by atoms with van der Waals surface area (Å²) >= 11 is 0. The smallest absolute Gasteiger partial charge is 0.0500 e. The standard InChI is InChI=1S/C15H18N2/c1-11-7-12(2)9-15(8-11)17-13(3)14-5-4-6-16-10-14/h4-10,13,17H,1-3H3. The van der Waals surface area contributed by atoms with Crippen molar-refractivity contribution >= 4 is 5.69 Å². The Kier molecular flexibility index (Phi) is 3.43. The fourth-order valence-corrected chi connectivity index (χ4v) is 2.02. The van der Waals surface area contributed by atoms with E-state index in [1.165, 1.54) is 22.4 Å². The lowest BCUT2D eigenvalue weighted by molar-refractivity contribution is 0.875. The van der Waals surface area contributed by atoms with Gasteiger partial charge in [0.05, 0.1) is 6.04 Å². The molecule has 1 atom stereocenters. The van der Waals surface area contributed by atoms with Crippen molar-refractivity contribution in [1.29, 1.82) is 0 Å². The van der Waals surface area contributed by atoms with Crippen LogP contribution in [0.15, 0.2) is 42.7 Å². The highest BCUT2D eigenvalue weighted by Crippen LogP contribution is 2.20. The van der Waals surface area contributed by atoms with Gasteiger partial charge in [-0.15, -0.1) is 0 Å². The maximum Gasteiger partial charge on any atom is 0.0500 e. The number of aromatic nitrogens is 1. The largest absolute Gasteiger partial charge is 0.378 e. The maximum atomic E-state index is 4.14. The highest BCUT2D eigenvalue weighted by Gasteiger charge is 2.05. The van der Waals surface area contributed by atoms with Gasteiger partial charge in [0.1, 0.15) is 0 Å². The Hall–Kier alpha value is -1.83. The zero-order valence-corrected chi connectivity index (χ0v) is 10.6. The third-order valence-electron chi connectivity index (χ3n) is 2.79. The lowest BCUT2D eigenvalue weighted by Crippen LogP contribution is -2.07. The Morgan fingerprint density at radius 2 is 1.82 bits per heavy atom. The second-order valence-corrected chi connectivity index (χ2v) is 4.53. The van der Waals surface area contributed by atoms with Gasteiger partial charge in [-0.25, -0.2) is 0 Å². The van der Waals surface area contributed by atoms with Gasteiger partial charge in [-0.2, -0.15) is 0 Å². The van der Waals surface area contributed by atoms with Crippen LogP contribution >= 0.6 is 0 Å². The summed E-state index contributed by atoms with van der Waals surface area (Å²) in [6.45, 7) is 6.38. The molecule has 17 heavy (non-hydrogen) atoms. The van der Waals surface area contributed by atoms with Crippen LogP contribution in [0.3, 0.4) is 0 Å². The molecule has 1 N–H and O–H groups in total. The van der Waals surface area contributed by atoms with Crippen LogP contribution in [0.1, 0.15) is 29.7 Å². The Morgan fingerprint density at radius 1 is 1.12 bits per heavy atom. The third kappa shape index (κ3) is 3.06. The number of rotatable bonds is 3. The third-order valence-corrected chi connectivity index (χ3v) is 2.79. The minimum Gasteiger partial charge on any atom is -0.378 e. The molecular formula is C15H18N2. The van der Waals surface area contributed by atoms with Gasteiger partial charge in [-0.3, -0.25) is 4.98 Å². The Morgan fingerprint density at radius 3 is 2.41 bits per heavy atom. The maximum absolute atomic E-state index is 4.14. The molecule has 0 aliphatic heterocycles. The number of benzene rings is 1. The van der Waals surface area contributed by atoms with Crippen LogP contribution in [-0.2, 0) is 0 Å². The fraction of sp³-hybridized carbons (Fsp3) is 0.267. The van der Waals surface area contributed by atoms with E-state index in [1.807, 2.05) is 12.3 Å². The second-order valence-electron chi connectivity index (χ2n) is 4.53. The Labute approximate surface area is 103 Å². The van der Waals surface area contributed by atoms with Crippen LogP contribution in [0.25, 0.3) is 0 Å². The number of nitrogens with zero attached hydrogens (tertiary/aromatic N) is 1. The molecule has 2 aromatic rings. The quantitative estimate of drug-likeness (QED) is 0.859. The number of hydrogen-bond acceptors (Lipinski definition) is 2. The molecule has 0 saturated carbocycles. The summed E-state index contributed by atoms with van der Waals surface area (Å²) in [5, 5.41) is 3.50. The molecule has 0 bridgehead atoms. The van der Waals surface area contributed by atoms with Crippen molar-refractivity contribution in [3.63, 3.8) is 0 Å². The van der Waals surface area contributed by atoms with Gasteiger partial charge < -0.3 is 5.32 Å². The van der Waals surface area contributed by atoms with Gasteiger partial charge in [0.25, 0.3) is 0 Å². The van der Waals surface area contributed by atoms with E-state index in [0.717, 1.165) is 0 Å². The molecule has 2 heteroatoms. The van der Waals surface area contributed by atoms with Gasteiger partial charge in [-0.1, -0.05) is 12.1 Å². The molecule has 2 rings (SSSR count). The molecule has 0 spiro atoms. The number of aryl methyl sites for hydroxylation is 2. The molecule has 0 amide bonds. The van der Waals surface area contributed by atoms with E-state index in [-0.39, 0.29) is 6.04 Å². The monoisotopic (exact) mass is 226 g/mol. The number of anilines is 1. The van der Waals surface area contributed by atoms with Crippen molar-refractivity contribution in [3.8, 4) is 0 Å². The van der Waals surface area contributed by atoms with Crippen LogP contribution in [0.5, 0.6) is 0 Å². The first kappa shape index (κ1) is 11.6. The van der Waals surface area contributed by atoms with Gasteiger partial charge in [0, 0.05) is 18.1 Å². The summed E-state index contributed by atoms with van der Waals surface area (Å²) in [6, 6.07) is 10.8. The van der Waals surface area contributed by atoms with Gasteiger partial charge in [-0.05, 0) is 55.7 Å². The number of nitrogens with one attached hydrogen (secondary N) is 1.